The van der Waals surface area contributed by atoms with E-state index in [1.807, 2.05) is 13.8 Å². The van der Waals surface area contributed by atoms with Crippen LogP contribution in [0.2, 0.25) is 0 Å². The minimum atomic E-state index is -0.453. The van der Waals surface area contributed by atoms with Crippen LogP contribution >= 0.6 is 27.7 Å². The lowest BCUT2D eigenvalue weighted by Gasteiger charge is -2.14. The van der Waals surface area contributed by atoms with E-state index < -0.39 is 17.0 Å². The highest BCUT2D eigenvalue weighted by Crippen LogP contribution is 2.39. The van der Waals surface area contributed by atoms with Crippen LogP contribution in [0.4, 0.5) is 9.18 Å². The third-order valence-electron chi connectivity index (χ3n) is 4.08. The van der Waals surface area contributed by atoms with Crippen LogP contribution in [0.15, 0.2) is 45.8 Å². The minimum Gasteiger partial charge on any atom is -0.490 e. The van der Waals surface area contributed by atoms with Crippen molar-refractivity contribution in [2.24, 2.45) is 0 Å². The number of imide groups is 1. The maximum Gasteiger partial charge on any atom is 0.293 e. The topological polar surface area (TPSA) is 55.8 Å². The first-order valence-electron chi connectivity index (χ1n) is 9.02. The number of halogens is 2. The second-order valence-electron chi connectivity index (χ2n) is 6.06. The fraction of sp³-hybridized carbons (Fsp3) is 0.238. The highest BCUT2D eigenvalue weighted by Gasteiger charge is 2.35. The smallest absolute Gasteiger partial charge is 0.293 e. The van der Waals surface area contributed by atoms with Gasteiger partial charge in [0.2, 0.25) is 0 Å². The zero-order valence-electron chi connectivity index (χ0n) is 15.9. The van der Waals surface area contributed by atoms with Crippen molar-refractivity contribution < 1.29 is 23.5 Å². The number of benzene rings is 2. The lowest BCUT2D eigenvalue weighted by atomic mass is 10.1. The number of hydrogen-bond donors (Lipinski definition) is 0. The lowest BCUT2D eigenvalue weighted by Crippen LogP contribution is -2.27. The molecule has 0 bridgehead atoms. The molecule has 3 rings (SSSR count). The summed E-state index contributed by atoms with van der Waals surface area (Å²) in [7, 11) is 0. The Morgan fingerprint density at radius 3 is 2.55 bits per heavy atom. The molecule has 1 fully saturated rings. The fourth-order valence-corrected chi connectivity index (χ4v) is 4.22. The van der Waals surface area contributed by atoms with Gasteiger partial charge in [0, 0.05) is 5.56 Å². The van der Waals surface area contributed by atoms with Crippen molar-refractivity contribution in [3.63, 3.8) is 0 Å². The standard InChI is InChI=1S/C21H19BrFNO4S/c1-3-27-17-10-13(9-15(22)19(17)28-4-2)11-18-20(25)24(21(26)29-18)12-14-7-5-6-8-16(14)23/h5-11H,3-4,12H2,1-2H3/b18-11-. The van der Waals surface area contributed by atoms with Crippen LogP contribution in [0.25, 0.3) is 6.08 Å². The van der Waals surface area contributed by atoms with Crippen LogP contribution < -0.4 is 9.47 Å². The Bertz CT molecular complexity index is 979. The molecule has 1 aliphatic rings. The average molecular weight is 480 g/mol. The number of nitrogens with zero attached hydrogens (tertiary/aromatic N) is 1. The maximum absolute atomic E-state index is 13.9. The SMILES string of the molecule is CCOc1cc(/C=C2\SC(=O)N(Cc3ccccc3F)C2=O)cc(Br)c1OCC. The predicted octanol–water partition coefficient (Wildman–Crippen LogP) is 5.62. The number of hydrogen-bond acceptors (Lipinski definition) is 5. The summed E-state index contributed by atoms with van der Waals surface area (Å²) >= 11 is 4.29. The van der Waals surface area contributed by atoms with Gasteiger partial charge in [-0.1, -0.05) is 18.2 Å². The second kappa shape index (κ2) is 9.45. The Hall–Kier alpha value is -2.32. The van der Waals surface area contributed by atoms with E-state index in [4.69, 9.17) is 9.47 Å². The van der Waals surface area contributed by atoms with Gasteiger partial charge in [0.1, 0.15) is 5.82 Å². The van der Waals surface area contributed by atoms with Crippen molar-refractivity contribution >= 4 is 44.9 Å². The maximum atomic E-state index is 13.9. The molecule has 1 heterocycles. The zero-order valence-corrected chi connectivity index (χ0v) is 18.3. The van der Waals surface area contributed by atoms with Crippen LogP contribution in [0.1, 0.15) is 25.0 Å². The van der Waals surface area contributed by atoms with Crippen LogP contribution in [0.3, 0.4) is 0 Å². The van der Waals surface area contributed by atoms with Crippen molar-refractivity contribution in [1.82, 2.24) is 4.90 Å². The number of thioether (sulfide) groups is 1. The third-order valence-corrected chi connectivity index (χ3v) is 5.57. The molecule has 0 unspecified atom stereocenters. The molecule has 2 amide bonds. The summed E-state index contributed by atoms with van der Waals surface area (Å²) in [5.41, 5.74) is 0.971. The Balaban J connectivity index is 1.88. The molecule has 0 N–H and O–H groups in total. The van der Waals surface area contributed by atoms with E-state index in [-0.39, 0.29) is 11.4 Å². The Morgan fingerprint density at radius 1 is 1.14 bits per heavy atom. The summed E-state index contributed by atoms with van der Waals surface area (Å²) in [4.78, 5) is 26.4. The van der Waals surface area contributed by atoms with Crippen molar-refractivity contribution in [1.29, 1.82) is 0 Å². The molecule has 152 valence electrons. The largest absolute Gasteiger partial charge is 0.490 e. The van der Waals surface area contributed by atoms with Crippen LogP contribution in [-0.4, -0.2) is 29.3 Å². The number of rotatable bonds is 7. The summed E-state index contributed by atoms with van der Waals surface area (Å²) in [5, 5.41) is -0.431. The van der Waals surface area contributed by atoms with Crippen molar-refractivity contribution in [3.05, 3.63) is 62.7 Å². The van der Waals surface area contributed by atoms with Gasteiger partial charge >= 0.3 is 0 Å². The highest BCUT2D eigenvalue weighted by atomic mass is 79.9. The zero-order chi connectivity index (χ0) is 21.0. The van der Waals surface area contributed by atoms with E-state index in [0.29, 0.717) is 40.3 Å². The van der Waals surface area contributed by atoms with E-state index in [2.05, 4.69) is 15.9 Å². The first-order chi connectivity index (χ1) is 13.9. The van der Waals surface area contributed by atoms with Gasteiger partial charge in [-0.2, -0.15) is 0 Å². The molecule has 0 spiro atoms. The molecule has 0 atom stereocenters. The van der Waals surface area contributed by atoms with E-state index in [9.17, 15) is 14.0 Å². The van der Waals surface area contributed by atoms with Crippen LogP contribution in [-0.2, 0) is 11.3 Å². The van der Waals surface area contributed by atoms with Gasteiger partial charge in [-0.05, 0) is 71.4 Å². The Kier molecular flexibility index (Phi) is 6.97. The summed E-state index contributed by atoms with van der Waals surface area (Å²) in [5.74, 6) is 0.221. The first-order valence-corrected chi connectivity index (χ1v) is 10.6. The summed E-state index contributed by atoms with van der Waals surface area (Å²) in [6.07, 6.45) is 1.62. The van der Waals surface area contributed by atoms with Gasteiger partial charge in [-0.3, -0.25) is 14.5 Å². The van der Waals surface area contributed by atoms with E-state index in [1.165, 1.54) is 6.07 Å². The number of amides is 2. The highest BCUT2D eigenvalue weighted by molar-refractivity contribution is 9.10. The number of ether oxygens (including phenoxy) is 2. The van der Waals surface area contributed by atoms with Crippen molar-refractivity contribution in [3.8, 4) is 11.5 Å². The normalized spacial score (nSPS) is 15.3. The van der Waals surface area contributed by atoms with Gasteiger partial charge in [0.25, 0.3) is 11.1 Å². The number of carbonyl (C=O) groups is 2. The predicted molar refractivity (Wildman–Crippen MR) is 114 cm³/mol. The third kappa shape index (κ3) is 4.82. The summed E-state index contributed by atoms with van der Waals surface area (Å²) < 4.78 is 25.8. The van der Waals surface area contributed by atoms with Gasteiger partial charge < -0.3 is 9.47 Å². The van der Waals surface area contributed by atoms with Gasteiger partial charge in [-0.15, -0.1) is 0 Å². The quantitative estimate of drug-likeness (QED) is 0.482. The average Bonchev–Trinajstić information content (AvgIpc) is 2.94. The molecule has 1 saturated heterocycles. The van der Waals surface area contributed by atoms with E-state index in [1.54, 1.807) is 36.4 Å². The van der Waals surface area contributed by atoms with Crippen LogP contribution in [0.5, 0.6) is 11.5 Å². The van der Waals surface area contributed by atoms with E-state index in [0.717, 1.165) is 16.7 Å². The monoisotopic (exact) mass is 479 g/mol. The molecule has 0 aromatic heterocycles. The molecule has 0 aliphatic carbocycles. The van der Waals surface area contributed by atoms with Gasteiger partial charge in [-0.25, -0.2) is 4.39 Å². The molecular weight excluding hydrogens is 461 g/mol. The Morgan fingerprint density at radius 2 is 1.86 bits per heavy atom. The molecule has 8 heteroatoms. The second-order valence-corrected chi connectivity index (χ2v) is 7.90. The summed E-state index contributed by atoms with van der Waals surface area (Å²) in [6, 6.07) is 9.63. The molecule has 5 nitrogen and oxygen atoms in total. The Labute approximate surface area is 181 Å². The molecule has 0 radical (unpaired) electrons. The lowest BCUT2D eigenvalue weighted by molar-refractivity contribution is -0.123. The molecule has 1 aliphatic heterocycles. The molecule has 29 heavy (non-hydrogen) atoms. The van der Waals surface area contributed by atoms with Crippen LogP contribution in [0, 0.1) is 5.82 Å². The van der Waals surface area contributed by atoms with Gasteiger partial charge in [0.05, 0.1) is 29.1 Å². The van der Waals surface area contributed by atoms with Gasteiger partial charge in [0.15, 0.2) is 11.5 Å². The minimum absolute atomic E-state index is 0.105. The van der Waals surface area contributed by atoms with Crippen molar-refractivity contribution in [2.75, 3.05) is 13.2 Å². The van der Waals surface area contributed by atoms with Crippen molar-refractivity contribution in [2.45, 2.75) is 20.4 Å². The molecular formula is C21H19BrFNO4S. The molecule has 2 aromatic carbocycles. The first kappa shape index (κ1) is 21.4. The van der Waals surface area contributed by atoms with E-state index >= 15 is 0 Å². The fourth-order valence-electron chi connectivity index (χ4n) is 2.80. The summed E-state index contributed by atoms with van der Waals surface area (Å²) in [6.45, 7) is 4.57. The molecule has 0 saturated carbocycles. The molecule has 2 aromatic rings. The number of carbonyl (C=O) groups excluding carboxylic acids is 2.